The average molecular weight is 395 g/mol. The molecule has 0 aliphatic heterocycles. The first-order valence-electron chi connectivity index (χ1n) is 9.33. The molecule has 28 heavy (non-hydrogen) atoms. The molecule has 0 fully saturated rings. The van der Waals surface area contributed by atoms with E-state index in [9.17, 15) is 9.90 Å². The lowest BCUT2D eigenvalue weighted by molar-refractivity contribution is 0.0690. The largest absolute Gasteiger partial charge is 0.476 e. The molecule has 0 bridgehead atoms. The van der Waals surface area contributed by atoms with Crippen LogP contribution in [0.3, 0.4) is 0 Å². The van der Waals surface area contributed by atoms with Crippen LogP contribution in [0.4, 0.5) is 0 Å². The summed E-state index contributed by atoms with van der Waals surface area (Å²) in [4.78, 5) is 11.2. The molecule has 0 aliphatic rings. The van der Waals surface area contributed by atoms with Crippen molar-refractivity contribution in [2.75, 3.05) is 0 Å². The van der Waals surface area contributed by atoms with Crippen molar-refractivity contribution in [3.63, 3.8) is 0 Å². The minimum Gasteiger partial charge on any atom is -0.476 e. The van der Waals surface area contributed by atoms with Gasteiger partial charge >= 0.3 is 5.97 Å². The Morgan fingerprint density at radius 2 is 1.54 bits per heavy atom. The van der Waals surface area contributed by atoms with Gasteiger partial charge in [-0.3, -0.25) is 5.10 Å². The van der Waals surface area contributed by atoms with E-state index >= 15 is 0 Å². The zero-order valence-corrected chi connectivity index (χ0v) is 17.6. The first kappa shape index (κ1) is 20.0. The molecule has 0 saturated heterocycles. The van der Waals surface area contributed by atoms with E-state index in [4.69, 9.17) is 4.43 Å². The van der Waals surface area contributed by atoms with Crippen LogP contribution in [0.1, 0.15) is 50.0 Å². The first-order valence-corrected chi connectivity index (χ1v) is 11.2. The van der Waals surface area contributed by atoms with Crippen LogP contribution in [0.25, 0.3) is 0 Å². The summed E-state index contributed by atoms with van der Waals surface area (Å²) >= 11 is 0. The minimum absolute atomic E-state index is 0.00658. The Kier molecular flexibility index (Phi) is 5.53. The lowest BCUT2D eigenvalue weighted by atomic mass is 10.2. The number of hydrogen-bond acceptors (Lipinski definition) is 3. The molecule has 0 spiro atoms. The average Bonchev–Trinajstić information content (AvgIpc) is 3.17. The molecule has 0 saturated carbocycles. The molecule has 0 unspecified atom stereocenters. The number of H-pyrrole nitrogens is 1. The van der Waals surface area contributed by atoms with E-state index in [1.54, 1.807) is 6.07 Å². The maximum atomic E-state index is 11.2. The Morgan fingerprint density at radius 1 is 1.04 bits per heavy atom. The highest BCUT2D eigenvalue weighted by atomic mass is 28.4. The molecule has 3 rings (SSSR count). The number of aromatic nitrogens is 2. The minimum atomic E-state index is -2.71. The van der Waals surface area contributed by atoms with Crippen LogP contribution >= 0.6 is 0 Å². The molecule has 0 amide bonds. The number of benzene rings is 2. The van der Waals surface area contributed by atoms with Crippen molar-refractivity contribution in [3.8, 4) is 0 Å². The summed E-state index contributed by atoms with van der Waals surface area (Å²) in [5.74, 6) is -1.06. The number of nitrogens with one attached hydrogen (secondary N) is 1. The normalized spacial score (nSPS) is 13.3. The van der Waals surface area contributed by atoms with Gasteiger partial charge in [0.2, 0.25) is 0 Å². The van der Waals surface area contributed by atoms with Gasteiger partial charge in [0, 0.05) is 0 Å². The number of hydrogen-bond donors (Lipinski definition) is 2. The van der Waals surface area contributed by atoms with E-state index < -0.39 is 14.3 Å². The van der Waals surface area contributed by atoms with Gasteiger partial charge in [0.1, 0.15) is 0 Å². The highest BCUT2D eigenvalue weighted by Gasteiger charge is 2.51. The number of aromatic amines is 1. The van der Waals surface area contributed by atoms with E-state index in [1.807, 2.05) is 43.3 Å². The van der Waals surface area contributed by atoms with Crippen LogP contribution in [-0.2, 0) is 4.43 Å². The third kappa shape index (κ3) is 3.65. The first-order chi connectivity index (χ1) is 13.3. The van der Waals surface area contributed by atoms with Gasteiger partial charge in [0.05, 0.1) is 11.8 Å². The lowest BCUT2D eigenvalue weighted by Crippen LogP contribution is -2.66. The van der Waals surface area contributed by atoms with Gasteiger partial charge < -0.3 is 9.53 Å². The van der Waals surface area contributed by atoms with Crippen LogP contribution in [0, 0.1) is 0 Å². The fourth-order valence-corrected chi connectivity index (χ4v) is 8.35. The fraction of sp³-hybridized carbons (Fsp3) is 0.273. The number of carbonyl (C=O) groups is 1. The summed E-state index contributed by atoms with van der Waals surface area (Å²) in [6.45, 7) is 8.57. The summed E-state index contributed by atoms with van der Waals surface area (Å²) < 4.78 is 6.93. The SMILES string of the molecule is C[C@H](O[Si](c1ccccc1)(c1ccccc1)C(C)(C)C)c1cc(C(=O)O)n[nH]1. The second-order valence-corrected chi connectivity index (χ2v) is 12.2. The van der Waals surface area contributed by atoms with E-state index in [0.29, 0.717) is 5.69 Å². The monoisotopic (exact) mass is 394 g/mol. The van der Waals surface area contributed by atoms with Crippen molar-refractivity contribution in [3.05, 3.63) is 78.1 Å². The van der Waals surface area contributed by atoms with Gasteiger partial charge in [-0.25, -0.2) is 4.79 Å². The van der Waals surface area contributed by atoms with Crippen LogP contribution in [-0.4, -0.2) is 29.6 Å². The highest BCUT2D eigenvalue weighted by Crippen LogP contribution is 2.39. The Bertz CT molecular complexity index is 894. The molecule has 0 aliphatic carbocycles. The van der Waals surface area contributed by atoms with Gasteiger partial charge in [0.15, 0.2) is 5.69 Å². The summed E-state index contributed by atoms with van der Waals surface area (Å²) in [5, 5.41) is 18.1. The number of rotatable bonds is 6. The number of aromatic carboxylic acids is 1. The van der Waals surface area contributed by atoms with Gasteiger partial charge in [-0.1, -0.05) is 81.4 Å². The Hall–Kier alpha value is -2.70. The van der Waals surface area contributed by atoms with Crippen LogP contribution < -0.4 is 10.4 Å². The predicted molar refractivity (Wildman–Crippen MR) is 113 cm³/mol. The van der Waals surface area contributed by atoms with Crippen molar-refractivity contribution in [2.45, 2.75) is 38.8 Å². The topological polar surface area (TPSA) is 75.2 Å². The number of carboxylic acids is 1. The Labute approximate surface area is 166 Å². The van der Waals surface area contributed by atoms with E-state index in [2.05, 4.69) is 55.2 Å². The van der Waals surface area contributed by atoms with Gasteiger partial charge in [-0.15, -0.1) is 0 Å². The maximum absolute atomic E-state index is 11.2. The molecule has 3 aromatic rings. The highest BCUT2D eigenvalue weighted by molar-refractivity contribution is 6.99. The number of carboxylic acid groups (broad SMARTS) is 1. The quantitative estimate of drug-likeness (QED) is 0.625. The van der Waals surface area contributed by atoms with E-state index in [1.165, 1.54) is 10.4 Å². The summed E-state index contributed by atoms with van der Waals surface area (Å²) in [7, 11) is -2.71. The summed E-state index contributed by atoms with van der Waals surface area (Å²) in [6.07, 6.45) is -0.341. The molecule has 2 N–H and O–H groups in total. The standard InChI is InChI=1S/C22H26N2O3Si/c1-16(19-15-20(21(25)26)24-23-19)27-28(22(2,3)4,17-11-7-5-8-12-17)18-13-9-6-10-14-18/h5-16H,1-4H3,(H,23,24)(H,25,26)/t16-/m0/s1. The van der Waals surface area contributed by atoms with Gasteiger partial charge in [0.25, 0.3) is 8.32 Å². The van der Waals surface area contributed by atoms with E-state index in [0.717, 1.165) is 0 Å². The molecular formula is C22H26N2O3Si. The molecule has 0 radical (unpaired) electrons. The summed E-state index contributed by atoms with van der Waals surface area (Å²) in [6, 6.07) is 22.2. The van der Waals surface area contributed by atoms with Crippen molar-refractivity contribution < 1.29 is 14.3 Å². The van der Waals surface area contributed by atoms with Crippen molar-refractivity contribution in [2.24, 2.45) is 0 Å². The number of nitrogens with zero attached hydrogens (tertiary/aromatic N) is 1. The predicted octanol–water partition coefficient (Wildman–Crippen LogP) is 3.75. The Morgan fingerprint density at radius 3 is 1.93 bits per heavy atom. The third-order valence-corrected chi connectivity index (χ3v) is 10.1. The maximum Gasteiger partial charge on any atom is 0.356 e. The zero-order valence-electron chi connectivity index (χ0n) is 16.6. The van der Waals surface area contributed by atoms with E-state index in [-0.39, 0.29) is 16.8 Å². The van der Waals surface area contributed by atoms with Crippen molar-refractivity contribution in [1.29, 1.82) is 0 Å². The third-order valence-electron chi connectivity index (χ3n) is 5.03. The molecule has 1 atom stereocenters. The lowest BCUT2D eigenvalue weighted by Gasteiger charge is -2.44. The van der Waals surface area contributed by atoms with Crippen LogP contribution in [0.2, 0.25) is 5.04 Å². The molecule has 5 nitrogen and oxygen atoms in total. The Balaban J connectivity index is 2.14. The molecule has 146 valence electrons. The molecular weight excluding hydrogens is 368 g/mol. The second kappa shape index (κ2) is 7.73. The second-order valence-electron chi connectivity index (χ2n) is 7.94. The van der Waals surface area contributed by atoms with Crippen molar-refractivity contribution >= 4 is 24.7 Å². The zero-order chi connectivity index (χ0) is 20.4. The molecule has 6 heteroatoms. The summed E-state index contributed by atoms with van der Waals surface area (Å²) in [5.41, 5.74) is 0.651. The molecule has 1 heterocycles. The molecule has 1 aromatic heterocycles. The van der Waals surface area contributed by atoms with Crippen LogP contribution in [0.5, 0.6) is 0 Å². The van der Waals surface area contributed by atoms with Crippen LogP contribution in [0.15, 0.2) is 66.7 Å². The van der Waals surface area contributed by atoms with Crippen molar-refractivity contribution in [1.82, 2.24) is 10.2 Å². The fourth-order valence-electron chi connectivity index (χ4n) is 3.67. The van der Waals surface area contributed by atoms with Gasteiger partial charge in [-0.05, 0) is 28.4 Å². The van der Waals surface area contributed by atoms with Gasteiger partial charge in [-0.2, -0.15) is 5.10 Å². The smallest absolute Gasteiger partial charge is 0.356 e. The molecule has 2 aromatic carbocycles.